The van der Waals surface area contributed by atoms with Gasteiger partial charge in [-0.1, -0.05) is 0 Å². The third kappa shape index (κ3) is 0.718. The van der Waals surface area contributed by atoms with Crippen molar-refractivity contribution in [3.05, 3.63) is 34.6 Å². The highest BCUT2D eigenvalue weighted by atomic mass is 19.1. The Bertz CT molecular complexity index is 556. The van der Waals surface area contributed by atoms with Gasteiger partial charge in [0.1, 0.15) is 11.9 Å². The summed E-state index contributed by atoms with van der Waals surface area (Å²) in [4.78, 5) is 0. The molecule has 2 unspecified atom stereocenters. The Balaban J connectivity index is 1.95. The summed E-state index contributed by atoms with van der Waals surface area (Å²) < 4.78 is 13.6. The van der Waals surface area contributed by atoms with Crippen molar-refractivity contribution >= 4 is 0 Å². The van der Waals surface area contributed by atoms with Crippen molar-refractivity contribution in [3.8, 4) is 6.07 Å². The second kappa shape index (κ2) is 2.31. The summed E-state index contributed by atoms with van der Waals surface area (Å²) >= 11 is 0. The summed E-state index contributed by atoms with van der Waals surface area (Å²) in [5, 5.41) is 12.2. The lowest BCUT2D eigenvalue weighted by Crippen LogP contribution is -2.21. The maximum Gasteiger partial charge on any atom is 0.141 e. The number of halogens is 1. The molecule has 1 aliphatic heterocycles. The molecule has 1 saturated heterocycles. The Hall–Kier alpha value is -1.40. The predicted octanol–water partition coefficient (Wildman–Crippen LogP) is 1.48. The van der Waals surface area contributed by atoms with E-state index in [-0.39, 0.29) is 16.8 Å². The fourth-order valence-corrected chi connectivity index (χ4v) is 3.96. The monoisotopic (exact) mass is 214 g/mol. The lowest BCUT2D eigenvalue weighted by Gasteiger charge is -2.14. The molecule has 1 saturated carbocycles. The van der Waals surface area contributed by atoms with E-state index in [0.29, 0.717) is 5.41 Å². The molecule has 1 heterocycles. The van der Waals surface area contributed by atoms with Crippen molar-refractivity contribution in [1.82, 2.24) is 5.32 Å². The molecular formula is C13H11FN2. The number of hydrogen-bond donors (Lipinski definition) is 1. The Morgan fingerprint density at radius 1 is 1.38 bits per heavy atom. The van der Waals surface area contributed by atoms with Gasteiger partial charge in [-0.15, -0.1) is 0 Å². The van der Waals surface area contributed by atoms with Crippen molar-refractivity contribution in [2.24, 2.45) is 5.41 Å². The van der Waals surface area contributed by atoms with Crippen molar-refractivity contribution in [3.63, 3.8) is 0 Å². The van der Waals surface area contributed by atoms with Gasteiger partial charge >= 0.3 is 0 Å². The molecule has 3 aliphatic rings. The van der Waals surface area contributed by atoms with Crippen LogP contribution in [-0.2, 0) is 11.8 Å². The topological polar surface area (TPSA) is 35.8 Å². The van der Waals surface area contributed by atoms with Gasteiger partial charge in [0.05, 0.1) is 5.56 Å². The molecule has 2 aliphatic carbocycles. The van der Waals surface area contributed by atoms with Crippen LogP contribution in [0.2, 0.25) is 0 Å². The maximum absolute atomic E-state index is 13.6. The standard InChI is InChI=1S/C13H11FN2/c14-11-2-10-8(1-9(11)4-15)3-12-5-13(10,12)7-16-6-12/h1-2,16H,3,5-7H2. The summed E-state index contributed by atoms with van der Waals surface area (Å²) in [6.45, 7) is 2.02. The molecule has 0 amide bonds. The molecule has 0 spiro atoms. The van der Waals surface area contributed by atoms with Crippen molar-refractivity contribution < 1.29 is 4.39 Å². The van der Waals surface area contributed by atoms with E-state index in [1.165, 1.54) is 12.0 Å². The zero-order valence-corrected chi connectivity index (χ0v) is 8.81. The zero-order chi connectivity index (χ0) is 11.0. The van der Waals surface area contributed by atoms with Gasteiger partial charge < -0.3 is 5.32 Å². The SMILES string of the molecule is N#Cc1cc2c(cc1F)C13CNCC1(C2)C3. The summed E-state index contributed by atoms with van der Waals surface area (Å²) in [5.41, 5.74) is 3.12. The second-order valence-electron chi connectivity index (χ2n) is 5.42. The predicted molar refractivity (Wildman–Crippen MR) is 56.4 cm³/mol. The first-order chi connectivity index (χ1) is 7.71. The van der Waals surface area contributed by atoms with Crippen molar-refractivity contribution in [1.29, 1.82) is 5.26 Å². The number of hydrogen-bond acceptors (Lipinski definition) is 2. The number of rotatable bonds is 0. The highest BCUT2D eigenvalue weighted by Gasteiger charge is 2.73. The molecule has 0 radical (unpaired) electrons. The van der Waals surface area contributed by atoms with Crippen LogP contribution in [0.15, 0.2) is 12.1 Å². The molecule has 16 heavy (non-hydrogen) atoms. The highest BCUT2D eigenvalue weighted by molar-refractivity contribution is 5.56. The molecular weight excluding hydrogens is 203 g/mol. The number of benzene rings is 1. The van der Waals surface area contributed by atoms with Crippen LogP contribution in [-0.4, -0.2) is 13.1 Å². The summed E-state index contributed by atoms with van der Waals surface area (Å²) in [6, 6.07) is 5.29. The van der Waals surface area contributed by atoms with Crippen LogP contribution in [0.1, 0.15) is 23.1 Å². The van der Waals surface area contributed by atoms with E-state index in [1.54, 1.807) is 12.1 Å². The van der Waals surface area contributed by atoms with Gasteiger partial charge in [0.2, 0.25) is 0 Å². The van der Waals surface area contributed by atoms with Crippen LogP contribution >= 0.6 is 0 Å². The van der Waals surface area contributed by atoms with Crippen molar-refractivity contribution in [2.75, 3.05) is 13.1 Å². The van der Waals surface area contributed by atoms with Crippen LogP contribution in [0.4, 0.5) is 4.39 Å². The van der Waals surface area contributed by atoms with Crippen LogP contribution in [0.25, 0.3) is 0 Å². The molecule has 3 heteroatoms. The second-order valence-corrected chi connectivity index (χ2v) is 5.42. The smallest absolute Gasteiger partial charge is 0.141 e. The van der Waals surface area contributed by atoms with Crippen LogP contribution in [0.3, 0.4) is 0 Å². The third-order valence-electron chi connectivity index (χ3n) is 4.78. The van der Waals surface area contributed by atoms with Gasteiger partial charge in [0, 0.05) is 18.5 Å². The van der Waals surface area contributed by atoms with E-state index >= 15 is 0 Å². The third-order valence-corrected chi connectivity index (χ3v) is 4.78. The fraction of sp³-hybridized carbons (Fsp3) is 0.462. The first kappa shape index (κ1) is 8.72. The zero-order valence-electron chi connectivity index (χ0n) is 8.81. The molecule has 2 nitrogen and oxygen atoms in total. The van der Waals surface area contributed by atoms with E-state index in [0.717, 1.165) is 25.1 Å². The molecule has 2 fully saturated rings. The Labute approximate surface area is 93.1 Å². The highest BCUT2D eigenvalue weighted by Crippen LogP contribution is 2.72. The van der Waals surface area contributed by atoms with Crippen LogP contribution in [0.5, 0.6) is 0 Å². The van der Waals surface area contributed by atoms with Gasteiger partial charge in [-0.25, -0.2) is 4.39 Å². The Kier molecular flexibility index (Phi) is 1.26. The van der Waals surface area contributed by atoms with Gasteiger partial charge in [-0.05, 0) is 41.5 Å². The Morgan fingerprint density at radius 3 is 3.06 bits per heavy atom. The van der Waals surface area contributed by atoms with Gasteiger partial charge in [0.15, 0.2) is 0 Å². The summed E-state index contributed by atoms with van der Waals surface area (Å²) in [5.74, 6) is -0.356. The molecule has 2 atom stereocenters. The van der Waals surface area contributed by atoms with Gasteiger partial charge in [-0.3, -0.25) is 0 Å². The lowest BCUT2D eigenvalue weighted by atomic mass is 9.94. The average Bonchev–Trinajstić information content (AvgIpc) is 2.67. The van der Waals surface area contributed by atoms with Crippen molar-refractivity contribution in [2.45, 2.75) is 18.3 Å². The van der Waals surface area contributed by atoms with Gasteiger partial charge in [0.25, 0.3) is 0 Å². The molecule has 80 valence electrons. The molecule has 0 aromatic heterocycles. The maximum atomic E-state index is 13.6. The largest absolute Gasteiger partial charge is 0.315 e. The lowest BCUT2D eigenvalue weighted by molar-refractivity contribution is 0.522. The minimum atomic E-state index is -0.356. The number of nitrogens with one attached hydrogen (secondary N) is 1. The summed E-state index contributed by atoms with van der Waals surface area (Å²) in [7, 11) is 0. The van der Waals surface area contributed by atoms with E-state index in [4.69, 9.17) is 5.26 Å². The minimum absolute atomic E-state index is 0.193. The molecule has 1 aromatic rings. The molecule has 0 bridgehead atoms. The first-order valence-electron chi connectivity index (χ1n) is 5.65. The van der Waals surface area contributed by atoms with Gasteiger partial charge in [-0.2, -0.15) is 5.26 Å². The Morgan fingerprint density at radius 2 is 2.25 bits per heavy atom. The minimum Gasteiger partial charge on any atom is -0.315 e. The van der Waals surface area contributed by atoms with E-state index < -0.39 is 0 Å². The number of nitrogens with zero attached hydrogens (tertiary/aromatic N) is 1. The fourth-order valence-electron chi connectivity index (χ4n) is 3.96. The quantitative estimate of drug-likeness (QED) is 0.710. The molecule has 4 rings (SSSR count). The van der Waals surface area contributed by atoms with Crippen LogP contribution in [0, 0.1) is 22.6 Å². The van der Waals surface area contributed by atoms with E-state index in [2.05, 4.69) is 5.32 Å². The average molecular weight is 214 g/mol. The van der Waals surface area contributed by atoms with E-state index in [1.807, 2.05) is 6.07 Å². The number of nitriles is 1. The summed E-state index contributed by atoms with van der Waals surface area (Å²) in [6.07, 6.45) is 2.22. The van der Waals surface area contributed by atoms with E-state index in [9.17, 15) is 4.39 Å². The number of piperidine rings is 1. The van der Waals surface area contributed by atoms with Crippen LogP contribution < -0.4 is 5.32 Å². The molecule has 1 N–H and O–H groups in total. The normalized spacial score (nSPS) is 37.5. The number of fused-ring (bicyclic) bond motifs is 1. The first-order valence-corrected chi connectivity index (χ1v) is 5.65. The molecule has 1 aromatic carbocycles.